The lowest BCUT2D eigenvalue weighted by molar-refractivity contribution is 0.0386. The molecule has 1 atom stereocenters. The summed E-state index contributed by atoms with van der Waals surface area (Å²) in [6.45, 7) is 5.98. The molecule has 1 aliphatic carbocycles. The molecule has 1 aromatic heterocycles. The fraction of sp³-hybridized carbons (Fsp3) is 0.500. The van der Waals surface area contributed by atoms with Gasteiger partial charge < -0.3 is 4.74 Å². The molecule has 3 rings (SSSR count). The van der Waals surface area contributed by atoms with E-state index in [1.165, 1.54) is 10.7 Å². The highest BCUT2D eigenvalue weighted by Crippen LogP contribution is 2.32. The Morgan fingerprint density at radius 2 is 2.00 bits per heavy atom. The minimum Gasteiger partial charge on any atom is -0.458 e. The molecule has 0 radical (unpaired) electrons. The van der Waals surface area contributed by atoms with Gasteiger partial charge in [-0.15, -0.1) is 0 Å². The number of carbonyl (C=O) groups excluding carboxylic acids is 1. The van der Waals surface area contributed by atoms with Crippen molar-refractivity contribution < 1.29 is 13.9 Å². The molecule has 1 unspecified atom stereocenters. The second-order valence-electron chi connectivity index (χ2n) is 7.22. The number of ether oxygens (including phenoxy) is 1. The first-order valence-corrected chi connectivity index (χ1v) is 11.2. The number of hydrogen-bond donors (Lipinski definition) is 0. The topological polar surface area (TPSA) is 44.1 Å². The summed E-state index contributed by atoms with van der Waals surface area (Å²) in [5, 5.41) is 5.30. The molecule has 0 bridgehead atoms. The number of halogens is 3. The summed E-state index contributed by atoms with van der Waals surface area (Å²) in [5.74, 6) is -0.505. The van der Waals surface area contributed by atoms with Gasteiger partial charge in [-0.2, -0.15) is 16.9 Å². The van der Waals surface area contributed by atoms with Crippen molar-refractivity contribution in [1.29, 1.82) is 0 Å². The first kappa shape index (κ1) is 21.5. The Bertz CT molecular complexity index is 886. The predicted molar refractivity (Wildman–Crippen MR) is 113 cm³/mol. The van der Waals surface area contributed by atoms with Crippen molar-refractivity contribution in [3.63, 3.8) is 0 Å². The molecule has 2 aromatic rings. The van der Waals surface area contributed by atoms with Crippen LogP contribution in [0.15, 0.2) is 12.1 Å². The third-order valence-electron chi connectivity index (χ3n) is 4.55. The Labute approximate surface area is 178 Å². The third-order valence-corrected chi connectivity index (χ3v) is 6.58. The zero-order valence-corrected chi connectivity index (χ0v) is 18.4. The molecular formula is C20H23Cl2FN2O2S. The lowest BCUT2D eigenvalue weighted by Crippen LogP contribution is -2.19. The fourth-order valence-corrected chi connectivity index (χ4v) is 4.42. The summed E-state index contributed by atoms with van der Waals surface area (Å²) in [5.41, 5.74) is 2.03. The van der Waals surface area contributed by atoms with Gasteiger partial charge in [-0.1, -0.05) is 37.0 Å². The first-order chi connectivity index (χ1) is 13.3. The number of thioether (sulfide) groups is 1. The van der Waals surface area contributed by atoms with E-state index >= 15 is 0 Å². The number of aromatic nitrogens is 2. The Balaban J connectivity index is 1.89. The standard InChI is InChI=1S/C20H23Cl2FN2O2S/c1-11(2)28-10-12(3)27-20(26)14-8-18(16(23)9-15(14)21)25-19(22)13-6-4-5-7-17(13)24-25/h8-9,11-12H,4-7,10H2,1-3H3. The third kappa shape index (κ3) is 4.66. The van der Waals surface area contributed by atoms with E-state index in [1.807, 2.05) is 6.92 Å². The molecule has 0 amide bonds. The molecular weight excluding hydrogens is 422 g/mol. The van der Waals surface area contributed by atoms with Crippen LogP contribution in [0, 0.1) is 5.82 Å². The number of rotatable bonds is 6. The number of esters is 1. The van der Waals surface area contributed by atoms with Crippen molar-refractivity contribution in [1.82, 2.24) is 9.78 Å². The van der Waals surface area contributed by atoms with E-state index in [9.17, 15) is 9.18 Å². The molecule has 0 saturated carbocycles. The zero-order valence-electron chi connectivity index (χ0n) is 16.1. The molecule has 0 aliphatic heterocycles. The van der Waals surface area contributed by atoms with Crippen LogP contribution < -0.4 is 0 Å². The van der Waals surface area contributed by atoms with E-state index in [2.05, 4.69) is 18.9 Å². The maximum atomic E-state index is 14.6. The number of hydrogen-bond acceptors (Lipinski definition) is 4. The SMILES string of the molecule is CC(CSC(C)C)OC(=O)c1cc(-n2nc3c(c2Cl)CCCC3)c(F)cc1Cl. The smallest absolute Gasteiger partial charge is 0.340 e. The lowest BCUT2D eigenvalue weighted by atomic mass is 9.99. The molecule has 1 aromatic carbocycles. The second kappa shape index (κ2) is 9.06. The average Bonchev–Trinajstić information content (AvgIpc) is 2.97. The predicted octanol–water partition coefficient (Wildman–Crippen LogP) is 5.88. The van der Waals surface area contributed by atoms with E-state index in [4.69, 9.17) is 27.9 Å². The Morgan fingerprint density at radius 3 is 2.68 bits per heavy atom. The molecule has 1 heterocycles. The van der Waals surface area contributed by atoms with E-state index in [0.29, 0.717) is 16.2 Å². The fourth-order valence-electron chi connectivity index (χ4n) is 3.14. The normalized spacial score (nSPS) is 14.8. The van der Waals surface area contributed by atoms with Gasteiger partial charge in [0.15, 0.2) is 0 Å². The molecule has 4 nitrogen and oxygen atoms in total. The van der Waals surface area contributed by atoms with Crippen LogP contribution in [-0.2, 0) is 17.6 Å². The van der Waals surface area contributed by atoms with Crippen molar-refractivity contribution in [3.05, 3.63) is 44.9 Å². The van der Waals surface area contributed by atoms with Crippen molar-refractivity contribution in [2.75, 3.05) is 5.75 Å². The highest BCUT2D eigenvalue weighted by molar-refractivity contribution is 7.99. The maximum Gasteiger partial charge on any atom is 0.340 e. The van der Waals surface area contributed by atoms with Crippen LogP contribution in [-0.4, -0.2) is 32.9 Å². The maximum absolute atomic E-state index is 14.6. The quantitative estimate of drug-likeness (QED) is 0.521. The molecule has 0 fully saturated rings. The molecule has 28 heavy (non-hydrogen) atoms. The minimum atomic E-state index is -0.591. The van der Waals surface area contributed by atoms with Crippen LogP contribution in [0.2, 0.25) is 10.2 Å². The Hall–Kier alpha value is -1.24. The summed E-state index contributed by atoms with van der Waals surface area (Å²) in [7, 11) is 0. The van der Waals surface area contributed by atoms with E-state index in [-0.39, 0.29) is 22.4 Å². The molecule has 0 saturated heterocycles. The molecule has 0 N–H and O–H groups in total. The Kier molecular flexibility index (Phi) is 6.94. The van der Waals surface area contributed by atoms with Crippen LogP contribution >= 0.6 is 35.0 Å². The zero-order chi connectivity index (χ0) is 20.4. The summed E-state index contributed by atoms with van der Waals surface area (Å²) in [4.78, 5) is 12.6. The van der Waals surface area contributed by atoms with Gasteiger partial charge >= 0.3 is 5.97 Å². The largest absolute Gasteiger partial charge is 0.458 e. The highest BCUT2D eigenvalue weighted by atomic mass is 35.5. The van der Waals surface area contributed by atoms with Gasteiger partial charge in [0.25, 0.3) is 0 Å². The van der Waals surface area contributed by atoms with Gasteiger partial charge in [-0.25, -0.2) is 13.9 Å². The summed E-state index contributed by atoms with van der Waals surface area (Å²) >= 11 is 14.3. The number of aryl methyl sites for hydroxylation is 1. The lowest BCUT2D eigenvalue weighted by Gasteiger charge is -2.15. The van der Waals surface area contributed by atoms with Crippen molar-refractivity contribution in [2.45, 2.75) is 57.8 Å². The average molecular weight is 445 g/mol. The first-order valence-electron chi connectivity index (χ1n) is 9.36. The molecule has 1 aliphatic rings. The van der Waals surface area contributed by atoms with Gasteiger partial charge in [0.1, 0.15) is 22.8 Å². The van der Waals surface area contributed by atoms with Crippen molar-refractivity contribution in [2.24, 2.45) is 0 Å². The van der Waals surface area contributed by atoms with Crippen molar-refractivity contribution in [3.8, 4) is 5.69 Å². The van der Waals surface area contributed by atoms with Gasteiger partial charge in [0.2, 0.25) is 0 Å². The summed E-state index contributed by atoms with van der Waals surface area (Å²) in [6, 6.07) is 2.48. The van der Waals surface area contributed by atoms with E-state index < -0.39 is 11.8 Å². The van der Waals surface area contributed by atoms with Gasteiger partial charge in [0, 0.05) is 11.3 Å². The number of fused-ring (bicyclic) bond motifs is 1. The minimum absolute atomic E-state index is 0.00278. The van der Waals surface area contributed by atoms with Crippen LogP contribution in [0.5, 0.6) is 0 Å². The van der Waals surface area contributed by atoms with Crippen LogP contribution in [0.3, 0.4) is 0 Å². The highest BCUT2D eigenvalue weighted by Gasteiger charge is 2.24. The van der Waals surface area contributed by atoms with Gasteiger partial charge in [-0.05, 0) is 50.0 Å². The number of benzene rings is 1. The van der Waals surface area contributed by atoms with E-state index in [1.54, 1.807) is 11.8 Å². The molecule has 8 heteroatoms. The summed E-state index contributed by atoms with van der Waals surface area (Å²) < 4.78 is 21.5. The number of nitrogens with zero attached hydrogens (tertiary/aromatic N) is 2. The second-order valence-corrected chi connectivity index (χ2v) is 9.59. The summed E-state index contributed by atoms with van der Waals surface area (Å²) in [6.07, 6.45) is 3.42. The Morgan fingerprint density at radius 1 is 1.29 bits per heavy atom. The molecule has 152 valence electrons. The van der Waals surface area contributed by atoms with Crippen molar-refractivity contribution >= 4 is 40.9 Å². The van der Waals surface area contributed by atoms with Crippen LogP contribution in [0.4, 0.5) is 4.39 Å². The van der Waals surface area contributed by atoms with Crippen LogP contribution in [0.25, 0.3) is 5.69 Å². The van der Waals surface area contributed by atoms with Gasteiger partial charge in [-0.3, -0.25) is 0 Å². The molecule has 0 spiro atoms. The number of carbonyl (C=O) groups is 1. The monoisotopic (exact) mass is 444 g/mol. The van der Waals surface area contributed by atoms with Gasteiger partial charge in [0.05, 0.1) is 16.3 Å². The van der Waals surface area contributed by atoms with Crippen LogP contribution in [0.1, 0.15) is 55.2 Å². The van der Waals surface area contributed by atoms with E-state index in [0.717, 1.165) is 43.0 Å².